The smallest absolute Gasteiger partial charge is 0.252 e. The van der Waals surface area contributed by atoms with Crippen molar-refractivity contribution in [3.05, 3.63) is 53.3 Å². The number of rotatable bonds is 2. The second-order valence-corrected chi connectivity index (χ2v) is 5.59. The van der Waals surface area contributed by atoms with E-state index in [1.54, 1.807) is 7.11 Å². The van der Waals surface area contributed by atoms with Gasteiger partial charge in [-0.1, -0.05) is 0 Å². The number of hydrogen-bond acceptors (Lipinski definition) is 2. The summed E-state index contributed by atoms with van der Waals surface area (Å²) in [6.07, 6.45) is 0.700. The molecule has 0 bridgehead atoms. The number of H-pyrrole nitrogens is 1. The molecular weight excluding hydrogens is 295 g/mol. The van der Waals surface area contributed by atoms with E-state index in [9.17, 15) is 9.18 Å². The molecule has 0 saturated carbocycles. The molecule has 2 aromatic carbocycles. The van der Waals surface area contributed by atoms with Gasteiger partial charge >= 0.3 is 0 Å². The fraction of sp³-hybridized carbons (Fsp3) is 0.167. The molecule has 0 saturated heterocycles. The zero-order valence-corrected chi connectivity index (χ0v) is 12.6. The Bertz CT molecular complexity index is 913. The zero-order valence-electron chi connectivity index (χ0n) is 12.6. The Balaban J connectivity index is 1.98. The fourth-order valence-corrected chi connectivity index (χ4v) is 3.20. The van der Waals surface area contributed by atoms with Crippen molar-refractivity contribution in [1.29, 1.82) is 0 Å². The Morgan fingerprint density at radius 3 is 2.70 bits per heavy atom. The monoisotopic (exact) mass is 310 g/mol. The summed E-state index contributed by atoms with van der Waals surface area (Å²) >= 11 is 0. The maximum Gasteiger partial charge on any atom is 0.252 e. The molecule has 0 unspecified atom stereocenters. The van der Waals surface area contributed by atoms with Crippen LogP contribution in [0.5, 0.6) is 5.75 Å². The standard InChI is InChI=1S/C18H15FN2O2/c1-23-12-4-2-10(3-5-12)17-13-6-7-20-18(22)14-8-11(19)9-15(21-17)16(13)14/h2-5,8-9,21H,6-7H2,1H3,(H,20,22). The van der Waals surface area contributed by atoms with Gasteiger partial charge in [0.15, 0.2) is 0 Å². The number of amides is 1. The molecule has 3 aromatic rings. The van der Waals surface area contributed by atoms with Gasteiger partial charge in [-0.05, 0) is 53.9 Å². The topological polar surface area (TPSA) is 54.1 Å². The van der Waals surface area contributed by atoms with Gasteiger partial charge in [0.1, 0.15) is 11.6 Å². The molecule has 0 fully saturated rings. The highest BCUT2D eigenvalue weighted by Gasteiger charge is 2.23. The molecule has 1 aliphatic heterocycles. The van der Waals surface area contributed by atoms with E-state index in [2.05, 4.69) is 10.3 Å². The highest BCUT2D eigenvalue weighted by atomic mass is 19.1. The number of hydrogen-bond donors (Lipinski definition) is 2. The van der Waals surface area contributed by atoms with Crippen LogP contribution in [-0.2, 0) is 6.42 Å². The van der Waals surface area contributed by atoms with Crippen LogP contribution in [0.4, 0.5) is 4.39 Å². The number of aromatic nitrogens is 1. The highest BCUT2D eigenvalue weighted by Crippen LogP contribution is 2.35. The molecule has 2 heterocycles. The van der Waals surface area contributed by atoms with Crippen LogP contribution in [0.2, 0.25) is 0 Å². The van der Waals surface area contributed by atoms with E-state index < -0.39 is 5.82 Å². The van der Waals surface area contributed by atoms with Crippen molar-refractivity contribution in [2.45, 2.75) is 6.42 Å². The number of nitrogens with one attached hydrogen (secondary N) is 2. The Morgan fingerprint density at radius 2 is 1.96 bits per heavy atom. The quantitative estimate of drug-likeness (QED) is 0.763. The average Bonchev–Trinajstić information content (AvgIpc) is 2.83. The minimum Gasteiger partial charge on any atom is -0.497 e. The summed E-state index contributed by atoms with van der Waals surface area (Å²) in [5.41, 5.74) is 3.99. The van der Waals surface area contributed by atoms with E-state index in [1.165, 1.54) is 12.1 Å². The molecule has 0 radical (unpaired) electrons. The Hall–Kier alpha value is -2.82. The lowest BCUT2D eigenvalue weighted by molar-refractivity contribution is 0.0957. The van der Waals surface area contributed by atoms with Crippen LogP contribution in [0.15, 0.2) is 36.4 Å². The van der Waals surface area contributed by atoms with Gasteiger partial charge < -0.3 is 15.0 Å². The summed E-state index contributed by atoms with van der Waals surface area (Å²) in [4.78, 5) is 15.4. The number of methoxy groups -OCH3 is 1. The van der Waals surface area contributed by atoms with Crippen LogP contribution in [0.3, 0.4) is 0 Å². The van der Waals surface area contributed by atoms with E-state index in [1.807, 2.05) is 24.3 Å². The summed E-state index contributed by atoms with van der Waals surface area (Å²) in [5, 5.41) is 3.63. The summed E-state index contributed by atoms with van der Waals surface area (Å²) < 4.78 is 19.0. The van der Waals surface area contributed by atoms with E-state index >= 15 is 0 Å². The molecule has 1 aromatic heterocycles. The largest absolute Gasteiger partial charge is 0.497 e. The molecule has 0 spiro atoms. The molecule has 0 atom stereocenters. The summed E-state index contributed by atoms with van der Waals surface area (Å²) in [5.74, 6) is 0.131. The zero-order chi connectivity index (χ0) is 16.0. The predicted octanol–water partition coefficient (Wildman–Crippen LogP) is 3.27. The second-order valence-electron chi connectivity index (χ2n) is 5.59. The van der Waals surface area contributed by atoms with Gasteiger partial charge in [0.25, 0.3) is 5.91 Å². The van der Waals surface area contributed by atoms with Gasteiger partial charge in [0.2, 0.25) is 0 Å². The first-order valence-corrected chi connectivity index (χ1v) is 7.44. The Kier molecular flexibility index (Phi) is 3.08. The molecular formula is C18H15FN2O2. The first-order valence-electron chi connectivity index (χ1n) is 7.44. The second kappa shape index (κ2) is 5.12. The van der Waals surface area contributed by atoms with Gasteiger partial charge in [-0.3, -0.25) is 4.79 Å². The Labute approximate surface area is 132 Å². The predicted molar refractivity (Wildman–Crippen MR) is 86.3 cm³/mol. The van der Waals surface area contributed by atoms with E-state index in [0.717, 1.165) is 28.0 Å². The van der Waals surface area contributed by atoms with Crippen LogP contribution >= 0.6 is 0 Å². The molecule has 1 amide bonds. The lowest BCUT2D eigenvalue weighted by atomic mass is 10.0. The molecule has 4 nitrogen and oxygen atoms in total. The lowest BCUT2D eigenvalue weighted by Gasteiger charge is -2.05. The minimum absolute atomic E-state index is 0.228. The number of carbonyl (C=O) groups is 1. The number of carbonyl (C=O) groups excluding carboxylic acids is 1. The van der Waals surface area contributed by atoms with Gasteiger partial charge in [-0.2, -0.15) is 0 Å². The molecule has 1 aliphatic rings. The van der Waals surface area contributed by atoms with Crippen LogP contribution < -0.4 is 10.1 Å². The molecule has 116 valence electrons. The Morgan fingerprint density at radius 1 is 1.17 bits per heavy atom. The van der Waals surface area contributed by atoms with Gasteiger partial charge in [0.05, 0.1) is 12.7 Å². The third kappa shape index (κ3) is 2.16. The third-order valence-electron chi connectivity index (χ3n) is 4.25. The van der Waals surface area contributed by atoms with Crippen LogP contribution in [0.25, 0.3) is 22.2 Å². The summed E-state index contributed by atoms with van der Waals surface area (Å²) in [6, 6.07) is 10.4. The average molecular weight is 310 g/mol. The van der Waals surface area contributed by atoms with Crippen molar-refractivity contribution in [3.63, 3.8) is 0 Å². The minimum atomic E-state index is -0.418. The van der Waals surface area contributed by atoms with E-state index in [-0.39, 0.29) is 5.91 Å². The van der Waals surface area contributed by atoms with E-state index in [0.29, 0.717) is 24.0 Å². The van der Waals surface area contributed by atoms with Crippen LogP contribution in [0, 0.1) is 5.82 Å². The number of halogens is 1. The molecule has 2 N–H and O–H groups in total. The van der Waals surface area contributed by atoms with Crippen molar-refractivity contribution < 1.29 is 13.9 Å². The highest BCUT2D eigenvalue weighted by molar-refractivity contribution is 6.10. The number of ether oxygens (including phenoxy) is 1. The summed E-state index contributed by atoms with van der Waals surface area (Å²) in [6.45, 7) is 0.533. The van der Waals surface area contributed by atoms with Gasteiger partial charge in [-0.15, -0.1) is 0 Å². The van der Waals surface area contributed by atoms with Crippen LogP contribution in [0.1, 0.15) is 15.9 Å². The van der Waals surface area contributed by atoms with Crippen molar-refractivity contribution in [2.75, 3.05) is 13.7 Å². The SMILES string of the molecule is COc1ccc(-c2[nH]c3cc(F)cc4c3c2CCNC4=O)cc1. The molecule has 0 aliphatic carbocycles. The van der Waals surface area contributed by atoms with Gasteiger partial charge in [0, 0.05) is 23.1 Å². The van der Waals surface area contributed by atoms with Gasteiger partial charge in [-0.25, -0.2) is 4.39 Å². The molecule has 5 heteroatoms. The van der Waals surface area contributed by atoms with Crippen molar-refractivity contribution in [2.24, 2.45) is 0 Å². The van der Waals surface area contributed by atoms with Crippen molar-refractivity contribution in [1.82, 2.24) is 10.3 Å². The lowest BCUT2D eigenvalue weighted by Crippen LogP contribution is -2.23. The number of aromatic amines is 1. The van der Waals surface area contributed by atoms with Crippen molar-refractivity contribution in [3.8, 4) is 17.0 Å². The normalized spacial score (nSPS) is 13.7. The van der Waals surface area contributed by atoms with Crippen LogP contribution in [-0.4, -0.2) is 24.5 Å². The van der Waals surface area contributed by atoms with E-state index in [4.69, 9.17) is 4.74 Å². The maximum absolute atomic E-state index is 13.8. The summed E-state index contributed by atoms with van der Waals surface area (Å²) in [7, 11) is 1.62. The number of benzene rings is 2. The maximum atomic E-state index is 13.8. The van der Waals surface area contributed by atoms with Crippen molar-refractivity contribution >= 4 is 16.8 Å². The molecule has 4 rings (SSSR count). The molecule has 23 heavy (non-hydrogen) atoms. The third-order valence-corrected chi connectivity index (χ3v) is 4.25. The first kappa shape index (κ1) is 13.8. The fourth-order valence-electron chi connectivity index (χ4n) is 3.20. The first-order chi connectivity index (χ1) is 11.2.